The Balaban J connectivity index is 2.51. The average molecular weight is 223 g/mol. The first-order valence-electron chi connectivity index (χ1n) is 4.99. The highest BCUT2D eigenvalue weighted by Crippen LogP contribution is 2.32. The predicted octanol–water partition coefficient (Wildman–Crippen LogP) is 2.28. The van der Waals surface area contributed by atoms with Crippen molar-refractivity contribution >= 4 is 16.7 Å². The summed E-state index contributed by atoms with van der Waals surface area (Å²) in [6.07, 6.45) is 2.88. The Labute approximate surface area is 93.0 Å². The van der Waals surface area contributed by atoms with Crippen molar-refractivity contribution in [1.29, 1.82) is 0 Å². The second kappa shape index (κ2) is 3.89. The fourth-order valence-corrected chi connectivity index (χ4v) is 3.48. The van der Waals surface area contributed by atoms with Crippen LogP contribution in [0.5, 0.6) is 5.75 Å². The van der Waals surface area contributed by atoms with Gasteiger partial charge >= 0.3 is 0 Å². The van der Waals surface area contributed by atoms with Crippen LogP contribution in [0, 0.1) is 0 Å². The molecule has 0 N–H and O–H groups in total. The molecule has 3 heteroatoms. The average Bonchev–Trinajstić information content (AvgIpc) is 2.25. The van der Waals surface area contributed by atoms with Crippen LogP contribution in [0.2, 0.25) is 0 Å². The summed E-state index contributed by atoms with van der Waals surface area (Å²) in [6.45, 7) is 2.15. The Morgan fingerprint density at radius 2 is 2.20 bits per heavy atom. The van der Waals surface area contributed by atoms with Gasteiger partial charge in [-0.25, -0.2) is 0 Å². The predicted molar refractivity (Wildman–Crippen MR) is 63.0 cm³/mol. The van der Waals surface area contributed by atoms with Crippen LogP contribution in [-0.2, 0) is 10.9 Å². The lowest BCUT2D eigenvalue weighted by molar-refractivity contribution is 0.0977. The number of hydrogen-bond donors (Lipinski definition) is 0. The molecule has 2 rings (SSSR count). The molecule has 2 atom stereocenters. The molecule has 0 amide bonds. The molecule has 0 radical (unpaired) electrons. The van der Waals surface area contributed by atoms with Gasteiger partial charge in [0.05, 0.1) is 19.1 Å². The summed E-state index contributed by atoms with van der Waals surface area (Å²) in [4.78, 5) is 13.1. The van der Waals surface area contributed by atoms with Gasteiger partial charge in [0.1, 0.15) is 17.3 Å². The molecular weight excluding hydrogens is 208 g/mol. The van der Waals surface area contributed by atoms with Crippen molar-refractivity contribution in [2.24, 2.45) is 0 Å². The van der Waals surface area contributed by atoms with Crippen LogP contribution < -0.4 is 4.74 Å². The molecular formula is C12H15O2S+. The molecule has 2 unspecified atom stereocenters. The number of carbonyl (C=O) groups excluding carboxylic acids is 1. The molecule has 15 heavy (non-hydrogen) atoms. The zero-order valence-corrected chi connectivity index (χ0v) is 10.1. The minimum Gasteiger partial charge on any atom is -0.497 e. The lowest BCUT2D eigenvalue weighted by Crippen LogP contribution is -2.28. The van der Waals surface area contributed by atoms with Crippen molar-refractivity contribution in [3.63, 3.8) is 0 Å². The first kappa shape index (κ1) is 10.6. The van der Waals surface area contributed by atoms with Crippen molar-refractivity contribution in [3.05, 3.63) is 23.8 Å². The molecule has 80 valence electrons. The smallest absolute Gasteiger partial charge is 0.173 e. The summed E-state index contributed by atoms with van der Waals surface area (Å²) >= 11 is 0. The molecule has 1 heterocycles. The molecule has 0 spiro atoms. The van der Waals surface area contributed by atoms with E-state index < -0.39 is 0 Å². The van der Waals surface area contributed by atoms with E-state index in [0.717, 1.165) is 11.3 Å². The summed E-state index contributed by atoms with van der Waals surface area (Å²) in [5.41, 5.74) is 0.860. The largest absolute Gasteiger partial charge is 0.497 e. The van der Waals surface area contributed by atoms with Gasteiger partial charge in [0.15, 0.2) is 10.7 Å². The number of carbonyl (C=O) groups is 1. The van der Waals surface area contributed by atoms with Gasteiger partial charge in [-0.05, 0) is 25.1 Å². The number of hydrogen-bond acceptors (Lipinski definition) is 2. The number of fused-ring (bicyclic) bond motifs is 1. The highest BCUT2D eigenvalue weighted by atomic mass is 32.2. The van der Waals surface area contributed by atoms with E-state index in [2.05, 4.69) is 13.2 Å². The zero-order chi connectivity index (χ0) is 11.0. The maximum Gasteiger partial charge on any atom is 0.173 e. The number of ether oxygens (including phenoxy) is 1. The Morgan fingerprint density at radius 1 is 1.47 bits per heavy atom. The van der Waals surface area contributed by atoms with Gasteiger partial charge < -0.3 is 4.74 Å². The Morgan fingerprint density at radius 3 is 2.87 bits per heavy atom. The fourth-order valence-electron chi connectivity index (χ4n) is 1.85. The van der Waals surface area contributed by atoms with Crippen molar-refractivity contribution < 1.29 is 9.53 Å². The molecule has 0 saturated carbocycles. The van der Waals surface area contributed by atoms with Crippen molar-refractivity contribution in [2.45, 2.75) is 23.5 Å². The minimum absolute atomic E-state index is 0.183. The first-order chi connectivity index (χ1) is 7.13. The van der Waals surface area contributed by atoms with Crippen LogP contribution in [0.15, 0.2) is 23.1 Å². The van der Waals surface area contributed by atoms with Gasteiger partial charge in [-0.1, -0.05) is 0 Å². The van der Waals surface area contributed by atoms with Crippen LogP contribution in [-0.4, -0.2) is 24.4 Å². The summed E-state index contributed by atoms with van der Waals surface area (Å²) < 4.78 is 5.14. The Kier molecular flexibility index (Phi) is 2.74. The summed E-state index contributed by atoms with van der Waals surface area (Å²) in [5, 5.41) is 0.471. The van der Waals surface area contributed by atoms with Crippen molar-refractivity contribution in [2.75, 3.05) is 13.4 Å². The molecule has 0 aliphatic carbocycles. The highest BCUT2D eigenvalue weighted by Gasteiger charge is 2.36. The number of ketones is 1. The fraction of sp³-hybridized carbons (Fsp3) is 0.417. The molecule has 0 aromatic heterocycles. The third-order valence-corrected chi connectivity index (χ3v) is 5.33. The molecule has 0 bridgehead atoms. The van der Waals surface area contributed by atoms with Crippen LogP contribution in [0.25, 0.3) is 0 Å². The summed E-state index contributed by atoms with van der Waals surface area (Å²) in [7, 11) is 1.81. The van der Waals surface area contributed by atoms with Crippen LogP contribution in [0.3, 0.4) is 0 Å². The molecule has 1 aromatic rings. The summed E-state index contributed by atoms with van der Waals surface area (Å²) in [6, 6.07) is 5.84. The lowest BCUT2D eigenvalue weighted by Gasteiger charge is -2.19. The van der Waals surface area contributed by atoms with E-state index >= 15 is 0 Å². The third-order valence-electron chi connectivity index (χ3n) is 2.91. The van der Waals surface area contributed by atoms with Crippen molar-refractivity contribution in [3.8, 4) is 5.75 Å². The van der Waals surface area contributed by atoms with Gasteiger partial charge in [-0.3, -0.25) is 4.79 Å². The highest BCUT2D eigenvalue weighted by molar-refractivity contribution is 7.97. The second-order valence-electron chi connectivity index (χ2n) is 3.86. The topological polar surface area (TPSA) is 26.3 Å². The van der Waals surface area contributed by atoms with E-state index in [4.69, 9.17) is 4.74 Å². The first-order valence-corrected chi connectivity index (χ1v) is 6.69. The Hall–Kier alpha value is -0.960. The molecule has 0 saturated heterocycles. The van der Waals surface area contributed by atoms with E-state index in [1.54, 1.807) is 7.11 Å². The third kappa shape index (κ3) is 1.76. The summed E-state index contributed by atoms with van der Waals surface area (Å²) in [5.74, 6) is 1.02. The molecule has 2 nitrogen and oxygen atoms in total. The van der Waals surface area contributed by atoms with Crippen LogP contribution in [0.4, 0.5) is 0 Å². The molecule has 1 aliphatic rings. The van der Waals surface area contributed by atoms with Gasteiger partial charge in [0.2, 0.25) is 0 Å². The number of benzene rings is 1. The maximum absolute atomic E-state index is 11.9. The number of rotatable bonds is 1. The number of Topliss-reactive ketones (excluding diaryl/α,β-unsaturated/α-hetero) is 1. The van der Waals surface area contributed by atoms with Gasteiger partial charge in [0.25, 0.3) is 0 Å². The van der Waals surface area contributed by atoms with Gasteiger partial charge in [0, 0.05) is 10.9 Å². The van der Waals surface area contributed by atoms with Crippen LogP contribution >= 0.6 is 0 Å². The van der Waals surface area contributed by atoms with E-state index in [0.29, 0.717) is 11.7 Å². The Bertz CT molecular complexity index is 401. The lowest BCUT2D eigenvalue weighted by atomic mass is 10.1. The molecule has 0 fully saturated rings. The van der Waals surface area contributed by atoms with Gasteiger partial charge in [-0.2, -0.15) is 0 Å². The maximum atomic E-state index is 11.9. The van der Waals surface area contributed by atoms with Gasteiger partial charge in [-0.15, -0.1) is 0 Å². The van der Waals surface area contributed by atoms with E-state index in [-0.39, 0.29) is 16.7 Å². The molecule has 1 aromatic carbocycles. The zero-order valence-electron chi connectivity index (χ0n) is 9.24. The van der Waals surface area contributed by atoms with E-state index in [9.17, 15) is 4.79 Å². The second-order valence-corrected chi connectivity index (χ2v) is 6.22. The molecule has 1 aliphatic heterocycles. The normalized spacial score (nSPS) is 24.9. The SMILES string of the molecule is COc1ccc2c(c1)C(=O)CC(C)[S+]2C. The standard InChI is InChI=1S/C12H15O2S/c1-8-6-11(13)10-7-9(14-2)4-5-12(10)15(8)3/h4-5,7-8H,6H2,1-3H3/q+1. The number of methoxy groups -OCH3 is 1. The van der Waals surface area contributed by atoms with Crippen LogP contribution in [0.1, 0.15) is 23.7 Å². The van der Waals surface area contributed by atoms with Crippen molar-refractivity contribution in [1.82, 2.24) is 0 Å². The van der Waals surface area contributed by atoms with E-state index in [1.807, 2.05) is 18.2 Å². The minimum atomic E-state index is 0.183. The quantitative estimate of drug-likeness (QED) is 0.683. The monoisotopic (exact) mass is 223 g/mol. The van der Waals surface area contributed by atoms with E-state index in [1.165, 1.54) is 4.90 Å².